The lowest BCUT2D eigenvalue weighted by molar-refractivity contribution is -0.157. The Hall–Kier alpha value is -1.63. The summed E-state index contributed by atoms with van der Waals surface area (Å²) in [5, 5.41) is 9.48. The number of likely N-dealkylation sites (tertiary alicyclic amines) is 1. The summed E-state index contributed by atoms with van der Waals surface area (Å²) >= 11 is 0. The molecule has 1 amide bonds. The summed E-state index contributed by atoms with van der Waals surface area (Å²) in [6.07, 6.45) is 2.69. The van der Waals surface area contributed by atoms with Gasteiger partial charge in [-0.15, -0.1) is 0 Å². The van der Waals surface area contributed by atoms with E-state index in [1.54, 1.807) is 6.92 Å². The van der Waals surface area contributed by atoms with Gasteiger partial charge in [-0.05, 0) is 32.1 Å². The topological polar surface area (TPSA) is 93.1 Å². The van der Waals surface area contributed by atoms with Gasteiger partial charge in [0.2, 0.25) is 5.91 Å². The molecule has 1 saturated heterocycles. The predicted molar refractivity (Wildman–Crippen MR) is 80.6 cm³/mol. The maximum atomic E-state index is 13.0. The molecule has 130 valence electrons. The van der Waals surface area contributed by atoms with Crippen molar-refractivity contribution in [3.05, 3.63) is 0 Å². The number of carboxylic acids is 1. The van der Waals surface area contributed by atoms with Crippen molar-refractivity contribution >= 4 is 17.8 Å². The third-order valence-electron chi connectivity index (χ3n) is 5.25. The molecule has 0 aromatic heterocycles. The van der Waals surface area contributed by atoms with Crippen LogP contribution < -0.4 is 0 Å². The van der Waals surface area contributed by atoms with Crippen LogP contribution in [0.15, 0.2) is 0 Å². The molecule has 1 saturated carbocycles. The smallest absolute Gasteiger partial charge is 0.326 e. The van der Waals surface area contributed by atoms with E-state index in [9.17, 15) is 19.5 Å². The molecule has 2 aliphatic rings. The number of esters is 1. The number of carbonyl (C=O) groups excluding carboxylic acids is 2. The number of nitrogens with zero attached hydrogens (tertiary/aromatic N) is 1. The Morgan fingerprint density at radius 3 is 2.52 bits per heavy atom. The van der Waals surface area contributed by atoms with Crippen LogP contribution in [0.2, 0.25) is 0 Å². The molecule has 1 N–H and O–H groups in total. The van der Waals surface area contributed by atoms with E-state index in [-0.39, 0.29) is 24.3 Å². The highest BCUT2D eigenvalue weighted by Crippen LogP contribution is 2.42. The van der Waals surface area contributed by atoms with Crippen LogP contribution in [0.3, 0.4) is 0 Å². The van der Waals surface area contributed by atoms with Crippen LogP contribution in [-0.2, 0) is 23.9 Å². The second-order valence-electron chi connectivity index (χ2n) is 6.42. The Balaban J connectivity index is 2.24. The van der Waals surface area contributed by atoms with E-state index < -0.39 is 30.0 Å². The summed E-state index contributed by atoms with van der Waals surface area (Å²) in [5.41, 5.74) is 0. The third kappa shape index (κ3) is 3.49. The lowest BCUT2D eigenvalue weighted by Gasteiger charge is -2.33. The summed E-state index contributed by atoms with van der Waals surface area (Å²) in [6, 6.07) is -0.838. The van der Waals surface area contributed by atoms with Gasteiger partial charge in [0.05, 0.1) is 25.6 Å². The number of amides is 1. The molecule has 1 heterocycles. The molecule has 0 aromatic rings. The van der Waals surface area contributed by atoms with Gasteiger partial charge in [0.25, 0.3) is 0 Å². The average molecular weight is 327 g/mol. The fourth-order valence-electron chi connectivity index (χ4n) is 3.90. The first-order valence-electron chi connectivity index (χ1n) is 8.05. The highest BCUT2D eigenvalue weighted by molar-refractivity contribution is 5.89. The number of methoxy groups -OCH3 is 2. The molecule has 7 heteroatoms. The van der Waals surface area contributed by atoms with Crippen LogP contribution in [0, 0.1) is 11.8 Å². The highest BCUT2D eigenvalue weighted by Gasteiger charge is 2.50. The minimum absolute atomic E-state index is 0.0344. The van der Waals surface area contributed by atoms with Crippen molar-refractivity contribution in [1.82, 2.24) is 4.90 Å². The number of ether oxygens (including phenoxy) is 2. The largest absolute Gasteiger partial charge is 0.480 e. The van der Waals surface area contributed by atoms with Gasteiger partial charge in [-0.3, -0.25) is 9.59 Å². The van der Waals surface area contributed by atoms with E-state index in [2.05, 4.69) is 4.74 Å². The van der Waals surface area contributed by atoms with Gasteiger partial charge in [-0.2, -0.15) is 0 Å². The van der Waals surface area contributed by atoms with Crippen molar-refractivity contribution < 1.29 is 29.0 Å². The molecule has 0 unspecified atom stereocenters. The maximum absolute atomic E-state index is 13.0. The molecule has 5 atom stereocenters. The summed E-state index contributed by atoms with van der Waals surface area (Å²) < 4.78 is 9.91. The van der Waals surface area contributed by atoms with Crippen molar-refractivity contribution in [2.45, 2.75) is 57.2 Å². The second kappa shape index (κ2) is 7.29. The van der Waals surface area contributed by atoms with Gasteiger partial charge < -0.3 is 19.5 Å². The van der Waals surface area contributed by atoms with E-state index >= 15 is 0 Å². The first-order chi connectivity index (χ1) is 10.9. The Bertz CT molecular complexity index is 479. The molecule has 1 aliphatic carbocycles. The Labute approximate surface area is 135 Å². The second-order valence-corrected chi connectivity index (χ2v) is 6.42. The Kier molecular flexibility index (Phi) is 5.62. The maximum Gasteiger partial charge on any atom is 0.326 e. The number of carbonyl (C=O) groups is 3. The number of hydrogen-bond donors (Lipinski definition) is 1. The molecule has 2 rings (SSSR count). The minimum atomic E-state index is -0.977. The third-order valence-corrected chi connectivity index (χ3v) is 5.25. The van der Waals surface area contributed by atoms with Crippen LogP contribution in [0.1, 0.15) is 39.0 Å². The molecule has 0 bridgehead atoms. The average Bonchev–Trinajstić information content (AvgIpc) is 3.11. The number of carboxylic acid groups (broad SMARTS) is 1. The zero-order valence-corrected chi connectivity index (χ0v) is 13.9. The monoisotopic (exact) mass is 327 g/mol. The fraction of sp³-hybridized carbons (Fsp3) is 0.812. The Morgan fingerprint density at radius 1 is 1.26 bits per heavy atom. The predicted octanol–water partition coefficient (Wildman–Crippen LogP) is 1.05. The van der Waals surface area contributed by atoms with Gasteiger partial charge >= 0.3 is 11.9 Å². The molecule has 1 aliphatic heterocycles. The van der Waals surface area contributed by atoms with Crippen LogP contribution in [-0.4, -0.2) is 60.3 Å². The van der Waals surface area contributed by atoms with E-state index in [1.807, 2.05) is 0 Å². The quantitative estimate of drug-likeness (QED) is 0.733. The van der Waals surface area contributed by atoms with Crippen LogP contribution in [0.4, 0.5) is 0 Å². The summed E-state index contributed by atoms with van der Waals surface area (Å²) in [4.78, 5) is 37.7. The van der Waals surface area contributed by atoms with Crippen molar-refractivity contribution in [3.63, 3.8) is 0 Å². The first kappa shape index (κ1) is 17.7. The molecular formula is C16H25NO6. The zero-order chi connectivity index (χ0) is 17.1. The van der Waals surface area contributed by atoms with Crippen molar-refractivity contribution in [3.8, 4) is 0 Å². The van der Waals surface area contributed by atoms with E-state index in [0.717, 1.165) is 19.3 Å². The lowest BCUT2D eigenvalue weighted by atomic mass is 9.96. The van der Waals surface area contributed by atoms with Gasteiger partial charge in [0.1, 0.15) is 6.04 Å². The van der Waals surface area contributed by atoms with Crippen molar-refractivity contribution in [2.24, 2.45) is 11.8 Å². The van der Waals surface area contributed by atoms with Gasteiger partial charge in [0, 0.05) is 13.2 Å². The standard InChI is InChI=1S/C16H25NO6/c1-9(22-2)11(8-14(18)23-3)15(19)17-12-6-4-5-10(12)7-13(17)16(20)21/h9-13H,4-8H2,1-3H3,(H,20,21)/t9-,10+,11+,12+,13-/m1/s1. The number of hydrogen-bond acceptors (Lipinski definition) is 5. The van der Waals surface area contributed by atoms with Crippen molar-refractivity contribution in [1.29, 1.82) is 0 Å². The molecule has 2 fully saturated rings. The van der Waals surface area contributed by atoms with E-state index in [4.69, 9.17) is 4.74 Å². The minimum Gasteiger partial charge on any atom is -0.480 e. The first-order valence-corrected chi connectivity index (χ1v) is 8.05. The number of rotatable bonds is 6. The van der Waals surface area contributed by atoms with Crippen LogP contribution >= 0.6 is 0 Å². The number of fused-ring (bicyclic) bond motifs is 1. The van der Waals surface area contributed by atoms with Gasteiger partial charge in [-0.25, -0.2) is 4.79 Å². The fourth-order valence-corrected chi connectivity index (χ4v) is 3.90. The molecule has 0 aromatic carbocycles. The molecular weight excluding hydrogens is 302 g/mol. The highest BCUT2D eigenvalue weighted by atomic mass is 16.5. The Morgan fingerprint density at radius 2 is 1.96 bits per heavy atom. The molecule has 0 radical (unpaired) electrons. The molecule has 23 heavy (non-hydrogen) atoms. The molecule has 7 nitrogen and oxygen atoms in total. The van der Waals surface area contributed by atoms with Crippen LogP contribution in [0.5, 0.6) is 0 Å². The molecule has 0 spiro atoms. The SMILES string of the molecule is COC(=O)C[C@H](C(=O)N1[C@@H](C(=O)O)C[C@@H]2CCC[C@@H]21)[C@@H](C)OC. The van der Waals surface area contributed by atoms with Crippen molar-refractivity contribution in [2.75, 3.05) is 14.2 Å². The van der Waals surface area contributed by atoms with Gasteiger partial charge in [-0.1, -0.05) is 6.42 Å². The summed E-state index contributed by atoms with van der Waals surface area (Å²) in [6.45, 7) is 1.71. The summed E-state index contributed by atoms with van der Waals surface area (Å²) in [5.74, 6) is -2.27. The lowest BCUT2D eigenvalue weighted by Crippen LogP contribution is -2.50. The van der Waals surface area contributed by atoms with E-state index in [0.29, 0.717) is 6.42 Å². The normalized spacial score (nSPS) is 29.0. The summed E-state index contributed by atoms with van der Waals surface area (Å²) in [7, 11) is 2.74. The zero-order valence-electron chi connectivity index (χ0n) is 13.9. The number of aliphatic carboxylic acids is 1. The van der Waals surface area contributed by atoms with Gasteiger partial charge in [0.15, 0.2) is 0 Å². The van der Waals surface area contributed by atoms with E-state index in [1.165, 1.54) is 19.1 Å². The van der Waals surface area contributed by atoms with Crippen LogP contribution in [0.25, 0.3) is 0 Å².